The van der Waals surface area contributed by atoms with E-state index in [0.29, 0.717) is 16.7 Å². The molecular weight excluding hydrogens is 270 g/mol. The van der Waals surface area contributed by atoms with Crippen molar-refractivity contribution in [3.05, 3.63) is 63.2 Å². The van der Waals surface area contributed by atoms with Gasteiger partial charge >= 0.3 is 0 Å². The minimum absolute atomic E-state index is 0.0654. The van der Waals surface area contributed by atoms with Gasteiger partial charge in [0.1, 0.15) is 0 Å². The molecule has 0 aromatic heterocycles. The van der Waals surface area contributed by atoms with Crippen molar-refractivity contribution in [1.82, 2.24) is 0 Å². The Labute approximate surface area is 114 Å². The van der Waals surface area contributed by atoms with E-state index in [2.05, 4.69) is 4.84 Å². The first-order valence-corrected chi connectivity index (χ1v) is 5.81. The Hall–Kier alpha value is -2.11. The molecule has 0 saturated carbocycles. The van der Waals surface area contributed by atoms with Crippen LogP contribution in [0.15, 0.2) is 42.5 Å². The van der Waals surface area contributed by atoms with Crippen LogP contribution in [-0.2, 0) is 6.61 Å². The summed E-state index contributed by atoms with van der Waals surface area (Å²) in [6, 6.07) is 12.0. The van der Waals surface area contributed by atoms with E-state index in [-0.39, 0.29) is 17.4 Å². The van der Waals surface area contributed by atoms with Gasteiger partial charge in [-0.3, -0.25) is 4.84 Å². The van der Waals surface area contributed by atoms with Crippen LogP contribution in [0.4, 0.5) is 0 Å². The Morgan fingerprint density at radius 2 is 1.89 bits per heavy atom. The van der Waals surface area contributed by atoms with Crippen LogP contribution in [0.1, 0.15) is 5.56 Å². The SMILES string of the molecule is O=[N+]([O-])Oc1c(Cl)ccc(CO)c1-c1ccccc1. The van der Waals surface area contributed by atoms with Gasteiger partial charge in [0, 0.05) is 5.56 Å². The van der Waals surface area contributed by atoms with Crippen molar-refractivity contribution in [2.75, 3.05) is 0 Å². The topological polar surface area (TPSA) is 72.6 Å². The zero-order valence-corrected chi connectivity index (χ0v) is 10.5. The molecule has 6 heteroatoms. The van der Waals surface area contributed by atoms with Gasteiger partial charge in [-0.05, 0) is 17.2 Å². The molecule has 0 spiro atoms. The summed E-state index contributed by atoms with van der Waals surface area (Å²) < 4.78 is 0. The minimum Gasteiger partial charge on any atom is -0.392 e. The summed E-state index contributed by atoms with van der Waals surface area (Å²) in [5, 5.41) is 19.1. The van der Waals surface area contributed by atoms with Crippen LogP contribution in [0.3, 0.4) is 0 Å². The summed E-state index contributed by atoms with van der Waals surface area (Å²) in [7, 11) is 0. The molecule has 19 heavy (non-hydrogen) atoms. The fourth-order valence-corrected chi connectivity index (χ4v) is 2.01. The first-order valence-electron chi connectivity index (χ1n) is 5.43. The lowest BCUT2D eigenvalue weighted by atomic mass is 9.99. The second-order valence-corrected chi connectivity index (χ2v) is 4.16. The molecule has 0 saturated heterocycles. The van der Waals surface area contributed by atoms with Crippen LogP contribution in [0.2, 0.25) is 5.02 Å². The van der Waals surface area contributed by atoms with Crippen LogP contribution in [0.5, 0.6) is 5.75 Å². The third kappa shape index (κ3) is 2.83. The van der Waals surface area contributed by atoms with E-state index in [1.54, 1.807) is 30.3 Å². The van der Waals surface area contributed by atoms with Crippen molar-refractivity contribution in [1.29, 1.82) is 0 Å². The molecule has 0 amide bonds. The molecule has 0 atom stereocenters. The molecule has 98 valence electrons. The zero-order valence-electron chi connectivity index (χ0n) is 9.75. The normalized spacial score (nSPS) is 10.2. The molecule has 0 aliphatic carbocycles. The van der Waals surface area contributed by atoms with Gasteiger partial charge in [0.25, 0.3) is 5.09 Å². The van der Waals surface area contributed by atoms with E-state index in [1.165, 1.54) is 6.07 Å². The number of rotatable bonds is 4. The predicted molar refractivity (Wildman–Crippen MR) is 70.4 cm³/mol. The van der Waals surface area contributed by atoms with Gasteiger partial charge < -0.3 is 5.11 Å². The largest absolute Gasteiger partial charge is 0.392 e. The summed E-state index contributed by atoms with van der Waals surface area (Å²) in [6.45, 7) is -0.268. The van der Waals surface area contributed by atoms with E-state index in [4.69, 9.17) is 11.6 Å². The van der Waals surface area contributed by atoms with Gasteiger partial charge in [-0.15, -0.1) is 10.1 Å². The van der Waals surface area contributed by atoms with Crippen molar-refractivity contribution in [2.24, 2.45) is 0 Å². The Morgan fingerprint density at radius 3 is 2.47 bits per heavy atom. The van der Waals surface area contributed by atoms with Gasteiger partial charge in [0.15, 0.2) is 5.75 Å². The average molecular weight is 280 g/mol. The fourth-order valence-electron chi connectivity index (χ4n) is 1.81. The van der Waals surface area contributed by atoms with Crippen molar-refractivity contribution >= 4 is 11.6 Å². The quantitative estimate of drug-likeness (QED) is 0.689. The molecule has 0 unspecified atom stereocenters. The van der Waals surface area contributed by atoms with Crippen molar-refractivity contribution in [3.63, 3.8) is 0 Å². The maximum Gasteiger partial charge on any atom is 0.299 e. The smallest absolute Gasteiger partial charge is 0.299 e. The van der Waals surface area contributed by atoms with E-state index in [1.807, 2.05) is 6.07 Å². The molecule has 0 radical (unpaired) electrons. The van der Waals surface area contributed by atoms with Crippen LogP contribution in [-0.4, -0.2) is 10.2 Å². The van der Waals surface area contributed by atoms with Gasteiger partial charge in [-0.1, -0.05) is 48.0 Å². The summed E-state index contributed by atoms with van der Waals surface area (Å²) in [5.41, 5.74) is 1.62. The molecule has 1 N–H and O–H groups in total. The zero-order chi connectivity index (χ0) is 13.8. The molecule has 2 aromatic rings. The molecule has 0 heterocycles. The van der Waals surface area contributed by atoms with Crippen LogP contribution in [0.25, 0.3) is 11.1 Å². The maximum atomic E-state index is 10.6. The number of benzene rings is 2. The lowest BCUT2D eigenvalue weighted by Gasteiger charge is -2.13. The number of halogens is 1. The lowest BCUT2D eigenvalue weighted by molar-refractivity contribution is -0.710. The fraction of sp³-hybridized carbons (Fsp3) is 0.0769. The van der Waals surface area contributed by atoms with Crippen LogP contribution >= 0.6 is 11.6 Å². The number of aliphatic hydroxyl groups excluding tert-OH is 1. The summed E-state index contributed by atoms with van der Waals surface area (Å²) >= 11 is 5.94. The molecular formula is C13H10ClNO4. The van der Waals surface area contributed by atoms with Crippen molar-refractivity contribution in [2.45, 2.75) is 6.61 Å². The third-order valence-corrected chi connectivity index (χ3v) is 2.89. The maximum absolute atomic E-state index is 10.6. The Bertz CT molecular complexity index is 601. The molecule has 5 nitrogen and oxygen atoms in total. The summed E-state index contributed by atoms with van der Waals surface area (Å²) in [6.07, 6.45) is 0. The third-order valence-electron chi connectivity index (χ3n) is 2.59. The predicted octanol–water partition coefficient (Wildman–Crippen LogP) is 3.07. The Kier molecular flexibility index (Phi) is 3.99. The summed E-state index contributed by atoms with van der Waals surface area (Å²) in [4.78, 5) is 15.1. The highest BCUT2D eigenvalue weighted by molar-refractivity contribution is 6.32. The second-order valence-electron chi connectivity index (χ2n) is 3.75. The van der Waals surface area contributed by atoms with Gasteiger partial charge in [0.2, 0.25) is 0 Å². The molecule has 0 aliphatic rings. The second kappa shape index (κ2) is 5.69. The monoisotopic (exact) mass is 279 g/mol. The van der Waals surface area contributed by atoms with Gasteiger partial charge in [-0.25, -0.2) is 0 Å². The number of hydrogen-bond acceptors (Lipinski definition) is 4. The molecule has 2 rings (SSSR count). The highest BCUT2D eigenvalue weighted by atomic mass is 35.5. The number of nitrogens with zero attached hydrogens (tertiary/aromatic N) is 1. The van der Waals surface area contributed by atoms with E-state index in [0.717, 1.165) is 0 Å². The highest BCUT2D eigenvalue weighted by Gasteiger charge is 2.17. The minimum atomic E-state index is -0.922. The van der Waals surface area contributed by atoms with Gasteiger partial charge in [0.05, 0.1) is 11.6 Å². The van der Waals surface area contributed by atoms with E-state index < -0.39 is 5.09 Å². The Balaban J connectivity index is 2.67. The lowest BCUT2D eigenvalue weighted by Crippen LogP contribution is -2.06. The van der Waals surface area contributed by atoms with Gasteiger partial charge in [-0.2, -0.15) is 0 Å². The van der Waals surface area contributed by atoms with Crippen molar-refractivity contribution < 1.29 is 15.0 Å². The number of hydrogen-bond donors (Lipinski definition) is 1. The Morgan fingerprint density at radius 1 is 1.21 bits per heavy atom. The van der Waals surface area contributed by atoms with Crippen LogP contribution < -0.4 is 4.84 Å². The van der Waals surface area contributed by atoms with E-state index >= 15 is 0 Å². The molecule has 0 aliphatic heterocycles. The van der Waals surface area contributed by atoms with Crippen molar-refractivity contribution in [3.8, 4) is 16.9 Å². The summed E-state index contributed by atoms with van der Waals surface area (Å²) in [5.74, 6) is -0.0654. The van der Waals surface area contributed by atoms with Crippen LogP contribution in [0, 0.1) is 10.1 Å². The average Bonchev–Trinajstić information content (AvgIpc) is 2.41. The first kappa shape index (κ1) is 13.3. The molecule has 2 aromatic carbocycles. The highest BCUT2D eigenvalue weighted by Crippen LogP contribution is 2.39. The standard InChI is InChI=1S/C13H10ClNO4/c14-11-7-6-10(8-16)12(13(11)19-15(17)18)9-4-2-1-3-5-9/h1-7,16H,8H2. The number of aliphatic hydroxyl groups is 1. The van der Waals surface area contributed by atoms with E-state index in [9.17, 15) is 15.2 Å². The molecule has 0 fully saturated rings. The first-order chi connectivity index (χ1) is 9.13. The molecule has 0 bridgehead atoms.